The summed E-state index contributed by atoms with van der Waals surface area (Å²) in [5.41, 5.74) is 0.786. The number of thiazole rings is 1. The van der Waals surface area contributed by atoms with E-state index in [-0.39, 0.29) is 5.60 Å². The first-order valence-corrected chi connectivity index (χ1v) is 6.59. The molecule has 0 aliphatic rings. The van der Waals surface area contributed by atoms with Crippen molar-refractivity contribution in [2.75, 3.05) is 26.1 Å². The predicted octanol–water partition coefficient (Wildman–Crippen LogP) is 3.14. The van der Waals surface area contributed by atoms with Gasteiger partial charge in [0.2, 0.25) is 0 Å². The Morgan fingerprint density at radius 1 is 1.33 bits per heavy atom. The molecule has 0 saturated heterocycles. The van der Waals surface area contributed by atoms with Crippen LogP contribution in [0, 0.1) is 0 Å². The van der Waals surface area contributed by atoms with Crippen LogP contribution in [0.25, 0.3) is 10.2 Å². The van der Waals surface area contributed by atoms with E-state index in [1.54, 1.807) is 25.6 Å². The van der Waals surface area contributed by atoms with Crippen LogP contribution in [-0.4, -0.2) is 31.3 Å². The first kappa shape index (κ1) is 13.1. The van der Waals surface area contributed by atoms with E-state index in [1.807, 2.05) is 32.0 Å². The van der Waals surface area contributed by atoms with Gasteiger partial charge in [0, 0.05) is 13.7 Å². The fourth-order valence-electron chi connectivity index (χ4n) is 1.47. The quantitative estimate of drug-likeness (QED) is 0.903. The van der Waals surface area contributed by atoms with Gasteiger partial charge in [-0.05, 0) is 32.0 Å². The molecule has 0 fully saturated rings. The van der Waals surface area contributed by atoms with E-state index >= 15 is 0 Å². The van der Waals surface area contributed by atoms with Gasteiger partial charge in [0.05, 0.1) is 22.9 Å². The Morgan fingerprint density at radius 3 is 2.78 bits per heavy atom. The van der Waals surface area contributed by atoms with Crippen LogP contribution in [0.4, 0.5) is 5.13 Å². The minimum absolute atomic E-state index is 0.199. The highest BCUT2D eigenvalue weighted by atomic mass is 32.1. The third kappa shape index (κ3) is 2.91. The summed E-state index contributed by atoms with van der Waals surface area (Å²) in [7, 11) is 3.38. The van der Waals surface area contributed by atoms with Gasteiger partial charge in [-0.1, -0.05) is 11.3 Å². The van der Waals surface area contributed by atoms with E-state index in [4.69, 9.17) is 9.47 Å². The number of rotatable bonds is 5. The fourth-order valence-corrected chi connectivity index (χ4v) is 2.36. The van der Waals surface area contributed by atoms with Crippen molar-refractivity contribution < 1.29 is 9.47 Å². The number of methoxy groups -OCH3 is 2. The lowest BCUT2D eigenvalue weighted by molar-refractivity contribution is 0.0344. The zero-order valence-corrected chi connectivity index (χ0v) is 11.9. The van der Waals surface area contributed by atoms with E-state index in [1.165, 1.54) is 0 Å². The second-order valence-corrected chi connectivity index (χ2v) is 5.70. The number of ether oxygens (including phenoxy) is 2. The molecule has 2 aromatic rings. The van der Waals surface area contributed by atoms with Crippen LogP contribution >= 0.6 is 11.3 Å². The molecule has 1 heterocycles. The van der Waals surface area contributed by atoms with Crippen molar-refractivity contribution in [2.24, 2.45) is 0 Å². The monoisotopic (exact) mass is 266 g/mol. The molecule has 98 valence electrons. The van der Waals surface area contributed by atoms with Crippen LogP contribution in [0.2, 0.25) is 0 Å². The van der Waals surface area contributed by atoms with E-state index < -0.39 is 0 Å². The van der Waals surface area contributed by atoms with Gasteiger partial charge in [0.15, 0.2) is 5.13 Å². The second kappa shape index (κ2) is 5.12. The Morgan fingerprint density at radius 2 is 2.11 bits per heavy atom. The van der Waals surface area contributed by atoms with Crippen LogP contribution < -0.4 is 10.1 Å². The maximum Gasteiger partial charge on any atom is 0.183 e. The van der Waals surface area contributed by atoms with Gasteiger partial charge in [-0.15, -0.1) is 0 Å². The molecule has 1 aromatic heterocycles. The molecule has 0 atom stereocenters. The zero-order chi connectivity index (χ0) is 13.2. The molecule has 0 amide bonds. The molecule has 2 rings (SSSR count). The number of anilines is 1. The number of fused-ring (bicyclic) bond motifs is 1. The van der Waals surface area contributed by atoms with Crippen LogP contribution in [0.1, 0.15) is 13.8 Å². The number of benzene rings is 1. The van der Waals surface area contributed by atoms with Gasteiger partial charge in [0.1, 0.15) is 5.75 Å². The Kier molecular flexibility index (Phi) is 3.73. The van der Waals surface area contributed by atoms with Crippen LogP contribution in [0.3, 0.4) is 0 Å². The van der Waals surface area contributed by atoms with Crippen molar-refractivity contribution in [3.63, 3.8) is 0 Å². The lowest BCUT2D eigenvalue weighted by Crippen LogP contribution is -2.31. The summed E-state index contributed by atoms with van der Waals surface area (Å²) in [5, 5.41) is 4.21. The standard InChI is InChI=1S/C13H18N2O2S/c1-13(2,17-4)8-14-12-15-10-6-5-9(16-3)7-11(10)18-12/h5-7H,8H2,1-4H3,(H,14,15). The summed E-state index contributed by atoms with van der Waals surface area (Å²) < 4.78 is 11.7. The molecule has 1 N–H and O–H groups in total. The summed E-state index contributed by atoms with van der Waals surface area (Å²) >= 11 is 1.62. The summed E-state index contributed by atoms with van der Waals surface area (Å²) in [5.74, 6) is 0.856. The van der Waals surface area contributed by atoms with Crippen LogP contribution in [0.15, 0.2) is 18.2 Å². The van der Waals surface area contributed by atoms with Crippen LogP contribution in [0.5, 0.6) is 5.75 Å². The van der Waals surface area contributed by atoms with Crippen molar-refractivity contribution in [3.05, 3.63) is 18.2 Å². The first-order chi connectivity index (χ1) is 8.54. The molecular weight excluding hydrogens is 248 g/mol. The Labute approximate surface area is 111 Å². The molecule has 1 aromatic carbocycles. The van der Waals surface area contributed by atoms with Crippen molar-refractivity contribution in [2.45, 2.75) is 19.4 Å². The van der Waals surface area contributed by atoms with Gasteiger partial charge < -0.3 is 14.8 Å². The molecule has 0 aliphatic carbocycles. The molecule has 0 saturated carbocycles. The van der Waals surface area contributed by atoms with E-state index in [9.17, 15) is 0 Å². The average molecular weight is 266 g/mol. The molecule has 18 heavy (non-hydrogen) atoms. The van der Waals surface area contributed by atoms with Crippen molar-refractivity contribution >= 4 is 26.7 Å². The van der Waals surface area contributed by atoms with Crippen LogP contribution in [-0.2, 0) is 4.74 Å². The normalized spacial score (nSPS) is 11.8. The van der Waals surface area contributed by atoms with E-state index in [0.717, 1.165) is 27.6 Å². The molecule has 0 bridgehead atoms. The molecule has 5 heteroatoms. The van der Waals surface area contributed by atoms with Crippen molar-refractivity contribution in [1.29, 1.82) is 0 Å². The smallest absolute Gasteiger partial charge is 0.183 e. The van der Waals surface area contributed by atoms with Gasteiger partial charge in [-0.3, -0.25) is 0 Å². The van der Waals surface area contributed by atoms with Crippen molar-refractivity contribution in [1.82, 2.24) is 4.98 Å². The Hall–Kier alpha value is -1.33. The van der Waals surface area contributed by atoms with Gasteiger partial charge >= 0.3 is 0 Å². The van der Waals surface area contributed by atoms with E-state index in [2.05, 4.69) is 10.3 Å². The Balaban J connectivity index is 2.15. The van der Waals surface area contributed by atoms with Gasteiger partial charge in [0.25, 0.3) is 0 Å². The summed E-state index contributed by atoms with van der Waals surface area (Å²) in [6.07, 6.45) is 0. The fraction of sp³-hybridized carbons (Fsp3) is 0.462. The minimum atomic E-state index is -0.199. The highest BCUT2D eigenvalue weighted by molar-refractivity contribution is 7.22. The third-order valence-corrected chi connectivity index (χ3v) is 3.79. The average Bonchev–Trinajstić information content (AvgIpc) is 2.78. The molecule has 0 unspecified atom stereocenters. The highest BCUT2D eigenvalue weighted by Crippen LogP contribution is 2.29. The molecule has 4 nitrogen and oxygen atoms in total. The lowest BCUT2D eigenvalue weighted by Gasteiger charge is -2.22. The number of hydrogen-bond acceptors (Lipinski definition) is 5. The van der Waals surface area contributed by atoms with Gasteiger partial charge in [-0.25, -0.2) is 4.98 Å². The second-order valence-electron chi connectivity index (χ2n) is 4.67. The summed E-state index contributed by atoms with van der Waals surface area (Å²) in [4.78, 5) is 4.52. The third-order valence-electron chi connectivity index (χ3n) is 2.81. The van der Waals surface area contributed by atoms with Gasteiger partial charge in [-0.2, -0.15) is 0 Å². The molecule has 0 spiro atoms. The maximum absolute atomic E-state index is 5.36. The first-order valence-electron chi connectivity index (χ1n) is 5.78. The summed E-state index contributed by atoms with van der Waals surface area (Å²) in [6, 6.07) is 5.89. The number of hydrogen-bond donors (Lipinski definition) is 1. The SMILES string of the molecule is COc1ccc2nc(NCC(C)(C)OC)sc2c1. The zero-order valence-electron chi connectivity index (χ0n) is 11.1. The molecule has 0 radical (unpaired) electrons. The maximum atomic E-state index is 5.36. The van der Waals surface area contributed by atoms with E-state index in [0.29, 0.717) is 0 Å². The largest absolute Gasteiger partial charge is 0.497 e. The predicted molar refractivity (Wildman–Crippen MR) is 75.7 cm³/mol. The minimum Gasteiger partial charge on any atom is -0.497 e. The van der Waals surface area contributed by atoms with Crippen molar-refractivity contribution in [3.8, 4) is 5.75 Å². The molecule has 0 aliphatic heterocycles. The lowest BCUT2D eigenvalue weighted by atomic mass is 10.1. The number of nitrogens with one attached hydrogen (secondary N) is 1. The Bertz CT molecular complexity index is 537. The topological polar surface area (TPSA) is 43.4 Å². The highest BCUT2D eigenvalue weighted by Gasteiger charge is 2.16. The summed E-state index contributed by atoms with van der Waals surface area (Å²) in [6.45, 7) is 4.80. The number of nitrogens with zero attached hydrogens (tertiary/aromatic N) is 1. The number of aromatic nitrogens is 1. The molecular formula is C13H18N2O2S.